The van der Waals surface area contributed by atoms with Crippen LogP contribution >= 0.6 is 0 Å². The van der Waals surface area contributed by atoms with E-state index in [2.05, 4.69) is 0 Å². The molecule has 0 atom stereocenters. The van der Waals surface area contributed by atoms with Gasteiger partial charge in [-0.25, -0.2) is 0 Å². The Bertz CT molecular complexity index is 1040. The zero-order chi connectivity index (χ0) is 15.1. The predicted octanol–water partition coefficient (Wildman–Crippen LogP) is 4.92. The summed E-state index contributed by atoms with van der Waals surface area (Å²) in [6, 6.07) is 21.3. The zero-order valence-electron chi connectivity index (χ0n) is 12.2. The molecule has 0 aliphatic heterocycles. The molecule has 106 valence electrons. The van der Waals surface area contributed by atoms with Crippen LogP contribution in [-0.2, 0) is 0 Å². The van der Waals surface area contributed by atoms with Crippen molar-refractivity contribution in [2.75, 3.05) is 0 Å². The van der Waals surface area contributed by atoms with Gasteiger partial charge in [-0.05, 0) is 23.8 Å². The summed E-state index contributed by atoms with van der Waals surface area (Å²) < 4.78 is 5.98. The Hall–Kier alpha value is -2.87. The van der Waals surface area contributed by atoms with Gasteiger partial charge in [0.05, 0.1) is 5.39 Å². The van der Waals surface area contributed by atoms with Crippen LogP contribution in [0.25, 0.3) is 33.1 Å². The monoisotopic (exact) mass is 286 g/mol. The Kier molecular flexibility index (Phi) is 2.83. The molecule has 0 radical (unpaired) electrons. The third-order valence-electron chi connectivity index (χ3n) is 3.96. The molecule has 0 spiro atoms. The number of rotatable bonds is 1. The van der Waals surface area contributed by atoms with Gasteiger partial charge in [0.1, 0.15) is 11.3 Å². The fourth-order valence-electron chi connectivity index (χ4n) is 2.79. The van der Waals surface area contributed by atoms with Crippen LogP contribution in [0.4, 0.5) is 0 Å². The molecular formula is C20H14O2. The van der Waals surface area contributed by atoms with Crippen molar-refractivity contribution in [2.24, 2.45) is 0 Å². The van der Waals surface area contributed by atoms with Crippen LogP contribution in [0, 0.1) is 6.92 Å². The molecule has 1 heterocycles. The van der Waals surface area contributed by atoms with Crippen LogP contribution in [0.2, 0.25) is 0 Å². The van der Waals surface area contributed by atoms with E-state index in [1.165, 1.54) is 5.56 Å². The molecule has 1 aromatic heterocycles. The third kappa shape index (κ3) is 2.01. The standard InChI is InChI=1S/C20H14O2/c1-13-6-8-15(9-7-13)19-12-17(21)20-16-5-3-2-4-14(16)10-11-18(20)22-19/h2-12H,1H3. The van der Waals surface area contributed by atoms with Gasteiger partial charge in [-0.15, -0.1) is 0 Å². The van der Waals surface area contributed by atoms with Crippen LogP contribution < -0.4 is 5.43 Å². The second-order valence-electron chi connectivity index (χ2n) is 5.50. The minimum atomic E-state index is -0.00590. The predicted molar refractivity (Wildman–Crippen MR) is 90.2 cm³/mol. The van der Waals surface area contributed by atoms with Gasteiger partial charge in [0.25, 0.3) is 0 Å². The quantitative estimate of drug-likeness (QED) is 0.465. The van der Waals surface area contributed by atoms with Gasteiger partial charge in [-0.1, -0.05) is 60.2 Å². The van der Waals surface area contributed by atoms with E-state index in [0.717, 1.165) is 16.3 Å². The Labute approximate surface area is 127 Å². The first kappa shape index (κ1) is 12.8. The summed E-state index contributed by atoms with van der Waals surface area (Å²) in [6.45, 7) is 2.03. The van der Waals surface area contributed by atoms with Crippen LogP contribution in [0.1, 0.15) is 5.56 Å². The molecule has 2 nitrogen and oxygen atoms in total. The average Bonchev–Trinajstić information content (AvgIpc) is 2.55. The van der Waals surface area contributed by atoms with E-state index in [-0.39, 0.29) is 5.43 Å². The molecule has 0 amide bonds. The van der Waals surface area contributed by atoms with Crippen molar-refractivity contribution in [3.8, 4) is 11.3 Å². The fraction of sp³-hybridized carbons (Fsp3) is 0.0500. The van der Waals surface area contributed by atoms with Crippen LogP contribution in [0.3, 0.4) is 0 Å². The van der Waals surface area contributed by atoms with Gasteiger partial charge >= 0.3 is 0 Å². The van der Waals surface area contributed by atoms with Crippen LogP contribution in [0.5, 0.6) is 0 Å². The number of fused-ring (bicyclic) bond motifs is 3. The highest BCUT2D eigenvalue weighted by Crippen LogP contribution is 2.27. The van der Waals surface area contributed by atoms with Gasteiger partial charge in [-0.3, -0.25) is 4.79 Å². The highest BCUT2D eigenvalue weighted by molar-refractivity contribution is 6.05. The van der Waals surface area contributed by atoms with E-state index >= 15 is 0 Å². The molecule has 22 heavy (non-hydrogen) atoms. The molecule has 0 aliphatic rings. The first-order valence-electron chi connectivity index (χ1n) is 7.25. The molecule has 2 heteroatoms. The number of hydrogen-bond acceptors (Lipinski definition) is 2. The summed E-state index contributed by atoms with van der Waals surface area (Å²) in [7, 11) is 0. The lowest BCUT2D eigenvalue weighted by Gasteiger charge is -2.06. The van der Waals surface area contributed by atoms with Gasteiger partial charge in [-0.2, -0.15) is 0 Å². The van der Waals surface area contributed by atoms with Crippen molar-refractivity contribution in [3.05, 3.63) is 82.5 Å². The van der Waals surface area contributed by atoms with E-state index in [9.17, 15) is 4.79 Å². The highest BCUT2D eigenvalue weighted by Gasteiger charge is 2.09. The fourth-order valence-corrected chi connectivity index (χ4v) is 2.79. The molecule has 4 rings (SSSR count). The smallest absolute Gasteiger partial charge is 0.193 e. The average molecular weight is 286 g/mol. The van der Waals surface area contributed by atoms with Crippen molar-refractivity contribution in [1.29, 1.82) is 0 Å². The van der Waals surface area contributed by atoms with Gasteiger partial charge < -0.3 is 4.42 Å². The molecule has 0 N–H and O–H groups in total. The first-order valence-corrected chi connectivity index (χ1v) is 7.25. The maximum absolute atomic E-state index is 12.6. The molecule has 0 aliphatic carbocycles. The Morgan fingerprint density at radius 3 is 2.45 bits per heavy atom. The lowest BCUT2D eigenvalue weighted by molar-refractivity contribution is 0.619. The highest BCUT2D eigenvalue weighted by atomic mass is 16.3. The molecule has 0 bridgehead atoms. The van der Waals surface area contributed by atoms with E-state index in [0.29, 0.717) is 16.7 Å². The molecule has 0 unspecified atom stereocenters. The van der Waals surface area contributed by atoms with Crippen molar-refractivity contribution >= 4 is 21.7 Å². The summed E-state index contributed by atoms with van der Waals surface area (Å²) in [6.07, 6.45) is 0. The van der Waals surface area contributed by atoms with Gasteiger partial charge in [0.2, 0.25) is 0 Å². The largest absolute Gasteiger partial charge is 0.456 e. The van der Waals surface area contributed by atoms with E-state index in [1.807, 2.05) is 67.6 Å². The summed E-state index contributed by atoms with van der Waals surface area (Å²) in [5.41, 5.74) is 2.71. The third-order valence-corrected chi connectivity index (χ3v) is 3.96. The summed E-state index contributed by atoms with van der Waals surface area (Å²) >= 11 is 0. The van der Waals surface area contributed by atoms with E-state index < -0.39 is 0 Å². The van der Waals surface area contributed by atoms with Crippen molar-refractivity contribution < 1.29 is 4.42 Å². The van der Waals surface area contributed by atoms with Crippen molar-refractivity contribution in [1.82, 2.24) is 0 Å². The van der Waals surface area contributed by atoms with E-state index in [4.69, 9.17) is 4.42 Å². The number of aryl methyl sites for hydroxylation is 1. The summed E-state index contributed by atoms with van der Waals surface area (Å²) in [5.74, 6) is 0.604. The zero-order valence-corrected chi connectivity index (χ0v) is 12.2. The number of benzene rings is 3. The minimum Gasteiger partial charge on any atom is -0.456 e. The molecular weight excluding hydrogens is 272 g/mol. The van der Waals surface area contributed by atoms with Gasteiger partial charge in [0, 0.05) is 11.6 Å². The minimum absolute atomic E-state index is 0.00590. The molecule has 0 fully saturated rings. The molecule has 3 aromatic carbocycles. The Morgan fingerprint density at radius 2 is 1.64 bits per heavy atom. The second kappa shape index (κ2) is 4.85. The van der Waals surface area contributed by atoms with Crippen LogP contribution in [-0.4, -0.2) is 0 Å². The summed E-state index contributed by atoms with van der Waals surface area (Å²) in [5, 5.41) is 2.63. The Balaban J connectivity index is 2.03. The first-order chi connectivity index (χ1) is 10.7. The lowest BCUT2D eigenvalue weighted by atomic mass is 10.0. The topological polar surface area (TPSA) is 30.2 Å². The number of hydrogen-bond donors (Lipinski definition) is 0. The Morgan fingerprint density at radius 1 is 0.864 bits per heavy atom. The second-order valence-corrected chi connectivity index (χ2v) is 5.50. The SMILES string of the molecule is Cc1ccc(-c2cc(=O)c3c(ccc4ccccc43)o2)cc1. The normalized spacial score (nSPS) is 11.1. The van der Waals surface area contributed by atoms with Crippen LogP contribution in [0.15, 0.2) is 75.9 Å². The van der Waals surface area contributed by atoms with Crippen molar-refractivity contribution in [2.45, 2.75) is 6.92 Å². The van der Waals surface area contributed by atoms with Crippen molar-refractivity contribution in [3.63, 3.8) is 0 Å². The molecule has 0 saturated heterocycles. The van der Waals surface area contributed by atoms with Gasteiger partial charge in [0.15, 0.2) is 5.43 Å². The summed E-state index contributed by atoms with van der Waals surface area (Å²) in [4.78, 5) is 12.6. The molecule has 4 aromatic rings. The maximum atomic E-state index is 12.6. The maximum Gasteiger partial charge on any atom is 0.193 e. The lowest BCUT2D eigenvalue weighted by Crippen LogP contribution is -2.01. The van der Waals surface area contributed by atoms with E-state index in [1.54, 1.807) is 6.07 Å². The molecule has 0 saturated carbocycles.